The van der Waals surface area contributed by atoms with Crippen LogP contribution in [0.1, 0.15) is 41.8 Å². The monoisotopic (exact) mass is 250 g/mol. The van der Waals surface area contributed by atoms with Crippen LogP contribution in [0.5, 0.6) is 0 Å². The van der Waals surface area contributed by atoms with Crippen molar-refractivity contribution in [2.75, 3.05) is 6.61 Å². The highest BCUT2D eigenvalue weighted by molar-refractivity contribution is 5.89. The smallest absolute Gasteiger partial charge is 0.338 e. The molecule has 4 nitrogen and oxygen atoms in total. The Morgan fingerprint density at radius 3 is 2.50 bits per heavy atom. The van der Waals surface area contributed by atoms with E-state index in [0.29, 0.717) is 18.6 Å². The Kier molecular flexibility index (Phi) is 5.36. The van der Waals surface area contributed by atoms with Gasteiger partial charge in [0.25, 0.3) is 0 Å². The number of benzene rings is 1. The maximum absolute atomic E-state index is 11.6. The first-order valence-electron chi connectivity index (χ1n) is 6.09. The van der Waals surface area contributed by atoms with Crippen LogP contribution in [0.25, 0.3) is 0 Å². The SMILES string of the molecule is CCOC(=O)c1ccc(CC)c(CCC(=O)O)c1. The molecular weight excluding hydrogens is 232 g/mol. The van der Waals surface area contributed by atoms with Crippen molar-refractivity contribution < 1.29 is 19.4 Å². The minimum Gasteiger partial charge on any atom is -0.481 e. The minimum atomic E-state index is -0.835. The van der Waals surface area contributed by atoms with E-state index in [1.807, 2.05) is 13.0 Å². The van der Waals surface area contributed by atoms with E-state index >= 15 is 0 Å². The summed E-state index contributed by atoms with van der Waals surface area (Å²) in [4.78, 5) is 22.2. The van der Waals surface area contributed by atoms with Gasteiger partial charge < -0.3 is 9.84 Å². The fraction of sp³-hybridized carbons (Fsp3) is 0.429. The maximum atomic E-state index is 11.6. The van der Waals surface area contributed by atoms with Crippen molar-refractivity contribution in [3.8, 4) is 0 Å². The van der Waals surface area contributed by atoms with Gasteiger partial charge in [0.1, 0.15) is 0 Å². The Bertz CT molecular complexity index is 437. The summed E-state index contributed by atoms with van der Waals surface area (Å²) in [6.45, 7) is 4.09. The van der Waals surface area contributed by atoms with Gasteiger partial charge in [0, 0.05) is 6.42 Å². The summed E-state index contributed by atoms with van der Waals surface area (Å²) in [5.41, 5.74) is 2.46. The van der Waals surface area contributed by atoms with Crippen molar-refractivity contribution in [1.29, 1.82) is 0 Å². The number of carboxylic acid groups (broad SMARTS) is 1. The van der Waals surface area contributed by atoms with E-state index in [2.05, 4.69) is 0 Å². The van der Waals surface area contributed by atoms with E-state index in [4.69, 9.17) is 9.84 Å². The first-order chi connectivity index (χ1) is 8.58. The second-order valence-electron chi connectivity index (χ2n) is 3.95. The molecule has 0 aliphatic heterocycles. The van der Waals surface area contributed by atoms with Crippen LogP contribution in [0.15, 0.2) is 18.2 Å². The van der Waals surface area contributed by atoms with E-state index in [1.54, 1.807) is 19.1 Å². The summed E-state index contributed by atoms with van der Waals surface area (Å²) in [5, 5.41) is 8.71. The minimum absolute atomic E-state index is 0.0687. The van der Waals surface area contributed by atoms with Gasteiger partial charge in [-0.05, 0) is 43.0 Å². The number of esters is 1. The fourth-order valence-electron chi connectivity index (χ4n) is 1.79. The zero-order valence-corrected chi connectivity index (χ0v) is 10.7. The van der Waals surface area contributed by atoms with E-state index in [9.17, 15) is 9.59 Å². The molecule has 0 aromatic heterocycles. The zero-order chi connectivity index (χ0) is 13.5. The summed E-state index contributed by atoms with van der Waals surface area (Å²) >= 11 is 0. The zero-order valence-electron chi connectivity index (χ0n) is 10.7. The molecule has 0 heterocycles. The Hall–Kier alpha value is -1.84. The van der Waals surface area contributed by atoms with Crippen LogP contribution in [0, 0.1) is 0 Å². The largest absolute Gasteiger partial charge is 0.481 e. The van der Waals surface area contributed by atoms with Crippen LogP contribution in [-0.4, -0.2) is 23.7 Å². The summed E-state index contributed by atoms with van der Waals surface area (Å²) in [6, 6.07) is 5.32. The number of aryl methyl sites for hydroxylation is 2. The van der Waals surface area contributed by atoms with Gasteiger partial charge in [-0.1, -0.05) is 13.0 Å². The lowest BCUT2D eigenvalue weighted by Crippen LogP contribution is -2.07. The van der Waals surface area contributed by atoms with Gasteiger partial charge in [0.15, 0.2) is 0 Å². The van der Waals surface area contributed by atoms with Gasteiger partial charge in [-0.3, -0.25) is 4.79 Å². The second-order valence-corrected chi connectivity index (χ2v) is 3.95. The van der Waals surface area contributed by atoms with E-state index in [1.165, 1.54) is 0 Å². The van der Waals surface area contributed by atoms with Crippen LogP contribution in [0.2, 0.25) is 0 Å². The standard InChI is InChI=1S/C14H18O4/c1-3-10-5-6-12(14(17)18-4-2)9-11(10)7-8-13(15)16/h5-6,9H,3-4,7-8H2,1-2H3,(H,15,16). The Morgan fingerprint density at radius 2 is 1.94 bits per heavy atom. The first-order valence-corrected chi connectivity index (χ1v) is 6.09. The molecule has 0 bridgehead atoms. The van der Waals surface area contributed by atoms with Crippen molar-refractivity contribution in [3.63, 3.8) is 0 Å². The molecule has 1 N–H and O–H groups in total. The number of rotatable bonds is 6. The van der Waals surface area contributed by atoms with E-state index < -0.39 is 5.97 Å². The Labute approximate surface area is 107 Å². The Morgan fingerprint density at radius 1 is 1.22 bits per heavy atom. The quantitative estimate of drug-likeness (QED) is 0.788. The van der Waals surface area contributed by atoms with Gasteiger partial charge in [-0.25, -0.2) is 4.79 Å². The molecule has 98 valence electrons. The van der Waals surface area contributed by atoms with Crippen molar-refractivity contribution in [2.45, 2.75) is 33.1 Å². The molecule has 1 rings (SSSR count). The number of aliphatic carboxylic acids is 1. The molecule has 0 spiro atoms. The van der Waals surface area contributed by atoms with Crippen molar-refractivity contribution in [3.05, 3.63) is 34.9 Å². The van der Waals surface area contributed by atoms with Crippen molar-refractivity contribution in [1.82, 2.24) is 0 Å². The van der Waals surface area contributed by atoms with E-state index in [-0.39, 0.29) is 12.4 Å². The molecule has 0 radical (unpaired) electrons. The molecule has 1 aromatic rings. The lowest BCUT2D eigenvalue weighted by atomic mass is 9.98. The second kappa shape index (κ2) is 6.79. The number of carbonyl (C=O) groups is 2. The number of carbonyl (C=O) groups excluding carboxylic acids is 1. The van der Waals surface area contributed by atoms with Crippen LogP contribution >= 0.6 is 0 Å². The summed E-state index contributed by atoms with van der Waals surface area (Å²) < 4.78 is 4.93. The maximum Gasteiger partial charge on any atom is 0.338 e. The molecule has 0 aliphatic rings. The van der Waals surface area contributed by atoms with Crippen LogP contribution in [0.3, 0.4) is 0 Å². The Balaban J connectivity index is 2.93. The third-order valence-electron chi connectivity index (χ3n) is 2.71. The first kappa shape index (κ1) is 14.2. The van der Waals surface area contributed by atoms with Crippen LogP contribution < -0.4 is 0 Å². The number of hydrogen-bond acceptors (Lipinski definition) is 3. The molecule has 0 saturated carbocycles. The molecule has 0 aliphatic carbocycles. The summed E-state index contributed by atoms with van der Waals surface area (Å²) in [7, 11) is 0. The van der Waals surface area contributed by atoms with Gasteiger partial charge in [-0.2, -0.15) is 0 Å². The van der Waals surface area contributed by atoms with Crippen LogP contribution in [-0.2, 0) is 22.4 Å². The molecule has 0 atom stereocenters. The van der Waals surface area contributed by atoms with Crippen molar-refractivity contribution in [2.24, 2.45) is 0 Å². The van der Waals surface area contributed by atoms with Gasteiger partial charge >= 0.3 is 11.9 Å². The number of hydrogen-bond donors (Lipinski definition) is 1. The lowest BCUT2D eigenvalue weighted by molar-refractivity contribution is -0.136. The molecule has 0 fully saturated rings. The third kappa shape index (κ3) is 3.87. The highest BCUT2D eigenvalue weighted by atomic mass is 16.5. The normalized spacial score (nSPS) is 10.1. The molecule has 0 saturated heterocycles. The highest BCUT2D eigenvalue weighted by Gasteiger charge is 2.10. The lowest BCUT2D eigenvalue weighted by Gasteiger charge is -2.09. The average molecular weight is 250 g/mol. The predicted molar refractivity (Wildman–Crippen MR) is 67.7 cm³/mol. The molecule has 18 heavy (non-hydrogen) atoms. The number of ether oxygens (including phenoxy) is 1. The van der Waals surface area contributed by atoms with Crippen LogP contribution in [0.4, 0.5) is 0 Å². The molecule has 0 amide bonds. The number of carboxylic acids is 1. The van der Waals surface area contributed by atoms with Gasteiger partial charge in [-0.15, -0.1) is 0 Å². The molecular formula is C14H18O4. The topological polar surface area (TPSA) is 63.6 Å². The summed E-state index contributed by atoms with van der Waals surface area (Å²) in [5.74, 6) is -1.20. The van der Waals surface area contributed by atoms with Crippen molar-refractivity contribution >= 4 is 11.9 Å². The highest BCUT2D eigenvalue weighted by Crippen LogP contribution is 2.16. The molecule has 4 heteroatoms. The molecule has 0 unspecified atom stereocenters. The molecule has 1 aromatic carbocycles. The summed E-state index contributed by atoms with van der Waals surface area (Å²) in [6.07, 6.45) is 1.32. The third-order valence-corrected chi connectivity index (χ3v) is 2.71. The van der Waals surface area contributed by atoms with Gasteiger partial charge in [0.2, 0.25) is 0 Å². The fourth-order valence-corrected chi connectivity index (χ4v) is 1.79. The average Bonchev–Trinajstić information content (AvgIpc) is 2.36. The van der Waals surface area contributed by atoms with Gasteiger partial charge in [0.05, 0.1) is 12.2 Å². The van der Waals surface area contributed by atoms with E-state index in [0.717, 1.165) is 17.5 Å². The predicted octanol–water partition coefficient (Wildman–Crippen LogP) is 2.44.